The number of rotatable bonds is 4. The van der Waals surface area contributed by atoms with Gasteiger partial charge in [-0.3, -0.25) is 9.69 Å². The number of carbonyl (C=O) groups is 1. The molecule has 1 amide bonds. The van der Waals surface area contributed by atoms with Gasteiger partial charge >= 0.3 is 0 Å². The number of halogens is 1. The summed E-state index contributed by atoms with van der Waals surface area (Å²) in [6, 6.07) is 21.5. The fourth-order valence-electron chi connectivity index (χ4n) is 3.00. The minimum atomic E-state index is -0.0705. The Labute approximate surface area is 173 Å². The van der Waals surface area contributed by atoms with Gasteiger partial charge in [-0.05, 0) is 47.0 Å². The van der Waals surface area contributed by atoms with Gasteiger partial charge in [0.1, 0.15) is 0 Å². The van der Waals surface area contributed by atoms with E-state index in [2.05, 4.69) is 18.7 Å². The Balaban J connectivity index is 1.75. The zero-order valence-corrected chi connectivity index (χ0v) is 16.6. The predicted octanol–water partition coefficient (Wildman–Crippen LogP) is 6.28. The van der Waals surface area contributed by atoms with Crippen molar-refractivity contribution in [3.8, 4) is 0 Å². The van der Waals surface area contributed by atoms with Crippen LogP contribution in [0.25, 0.3) is 16.8 Å². The molecule has 5 heteroatoms. The number of nitrogens with zero attached hydrogens (tertiary/aromatic N) is 2. The van der Waals surface area contributed by atoms with Crippen LogP contribution in [0.3, 0.4) is 0 Å². The van der Waals surface area contributed by atoms with Crippen molar-refractivity contribution in [2.45, 2.75) is 0 Å². The number of hydrogen-bond acceptors (Lipinski definition) is 3. The van der Waals surface area contributed by atoms with Gasteiger partial charge in [-0.15, -0.1) is 6.58 Å². The predicted molar refractivity (Wildman–Crippen MR) is 120 cm³/mol. The lowest BCUT2D eigenvalue weighted by Gasteiger charge is -2.13. The molecule has 3 nitrogen and oxygen atoms in total. The van der Waals surface area contributed by atoms with Gasteiger partial charge < -0.3 is 0 Å². The summed E-state index contributed by atoms with van der Waals surface area (Å²) in [7, 11) is 0. The molecule has 28 heavy (non-hydrogen) atoms. The van der Waals surface area contributed by atoms with E-state index in [1.807, 2.05) is 60.7 Å². The van der Waals surface area contributed by atoms with Crippen LogP contribution in [0.15, 0.2) is 89.3 Å². The molecule has 0 N–H and O–H groups in total. The highest BCUT2D eigenvalue weighted by molar-refractivity contribution is 8.18. The van der Waals surface area contributed by atoms with Gasteiger partial charge in [-0.2, -0.15) is 0 Å². The minimum absolute atomic E-state index is 0.0705. The van der Waals surface area contributed by atoms with E-state index >= 15 is 0 Å². The van der Waals surface area contributed by atoms with E-state index in [1.165, 1.54) is 11.8 Å². The number of amides is 1. The molecule has 138 valence electrons. The van der Waals surface area contributed by atoms with Crippen LogP contribution >= 0.6 is 23.4 Å². The summed E-state index contributed by atoms with van der Waals surface area (Å²) in [5.41, 5.74) is 1.76. The normalized spacial score (nSPS) is 17.0. The zero-order valence-electron chi connectivity index (χ0n) is 15.0. The van der Waals surface area contributed by atoms with Crippen molar-refractivity contribution in [3.63, 3.8) is 0 Å². The largest absolute Gasteiger partial charge is 0.283 e. The van der Waals surface area contributed by atoms with E-state index < -0.39 is 0 Å². The molecule has 1 aliphatic heterocycles. The van der Waals surface area contributed by atoms with E-state index in [9.17, 15) is 4.79 Å². The van der Waals surface area contributed by atoms with Gasteiger partial charge in [0, 0.05) is 17.0 Å². The molecule has 1 saturated heterocycles. The monoisotopic (exact) mass is 404 g/mol. The van der Waals surface area contributed by atoms with Gasteiger partial charge in [-0.25, -0.2) is 4.99 Å². The van der Waals surface area contributed by atoms with Crippen molar-refractivity contribution in [2.75, 3.05) is 6.54 Å². The SMILES string of the molecule is C=CCN1C(=O)C(=Cc2ccc(Cl)cc2)SC1=Nc1cccc2ccccc12. The average molecular weight is 405 g/mol. The molecule has 1 heterocycles. The summed E-state index contributed by atoms with van der Waals surface area (Å²) in [4.78, 5) is 20.0. The summed E-state index contributed by atoms with van der Waals surface area (Å²) in [6.45, 7) is 4.19. The van der Waals surface area contributed by atoms with Crippen LogP contribution in [0.5, 0.6) is 0 Å². The summed E-state index contributed by atoms with van der Waals surface area (Å²) < 4.78 is 0. The third-order valence-corrected chi connectivity index (χ3v) is 5.61. The number of aliphatic imine (C=N–C) groups is 1. The standard InChI is InChI=1S/C23H17ClN2OS/c1-2-14-26-22(27)21(15-16-10-12-18(24)13-11-16)28-23(26)25-20-9-5-7-17-6-3-4-8-19(17)20/h2-13,15H,1,14H2. The molecule has 4 rings (SSSR count). The molecule has 0 atom stereocenters. The molecule has 0 spiro atoms. The van der Waals surface area contributed by atoms with Crippen LogP contribution in [0.2, 0.25) is 5.02 Å². The summed E-state index contributed by atoms with van der Waals surface area (Å²) in [5.74, 6) is -0.0705. The van der Waals surface area contributed by atoms with Crippen molar-refractivity contribution in [1.82, 2.24) is 4.90 Å². The minimum Gasteiger partial charge on any atom is -0.283 e. The van der Waals surface area contributed by atoms with E-state index in [0.717, 1.165) is 22.0 Å². The highest BCUT2D eigenvalue weighted by atomic mass is 35.5. The quantitative estimate of drug-likeness (QED) is 0.378. The topological polar surface area (TPSA) is 32.7 Å². The Kier molecular flexibility index (Phi) is 5.33. The molecular weight excluding hydrogens is 388 g/mol. The number of carbonyl (C=O) groups excluding carboxylic acids is 1. The maximum atomic E-state index is 12.9. The summed E-state index contributed by atoms with van der Waals surface area (Å²) >= 11 is 7.33. The third-order valence-electron chi connectivity index (χ3n) is 4.35. The lowest BCUT2D eigenvalue weighted by molar-refractivity contribution is -0.121. The lowest BCUT2D eigenvalue weighted by Crippen LogP contribution is -2.29. The van der Waals surface area contributed by atoms with E-state index in [-0.39, 0.29) is 5.91 Å². The second kappa shape index (κ2) is 8.05. The average Bonchev–Trinajstić information content (AvgIpc) is 2.99. The maximum Gasteiger partial charge on any atom is 0.267 e. The smallest absolute Gasteiger partial charge is 0.267 e. The molecule has 3 aromatic rings. The molecule has 0 saturated carbocycles. The van der Waals surface area contributed by atoms with Crippen molar-refractivity contribution in [2.24, 2.45) is 4.99 Å². The highest BCUT2D eigenvalue weighted by Crippen LogP contribution is 2.35. The lowest BCUT2D eigenvalue weighted by atomic mass is 10.1. The fraction of sp³-hybridized carbons (Fsp3) is 0.0435. The third kappa shape index (κ3) is 3.75. The Morgan fingerprint density at radius 3 is 2.57 bits per heavy atom. The fourth-order valence-corrected chi connectivity index (χ4v) is 4.13. The first-order chi connectivity index (χ1) is 13.7. The first kappa shape index (κ1) is 18.5. The Bertz CT molecular complexity index is 1110. The van der Waals surface area contributed by atoms with Gasteiger partial charge in [0.15, 0.2) is 5.17 Å². The number of amidine groups is 1. The number of benzene rings is 3. The Morgan fingerprint density at radius 1 is 1.04 bits per heavy atom. The van der Waals surface area contributed by atoms with E-state index in [4.69, 9.17) is 16.6 Å². The summed E-state index contributed by atoms with van der Waals surface area (Å²) in [5, 5.41) is 3.49. The molecule has 1 fully saturated rings. The molecule has 0 aromatic heterocycles. The van der Waals surface area contributed by atoms with Crippen molar-refractivity contribution >= 4 is 57.0 Å². The highest BCUT2D eigenvalue weighted by Gasteiger charge is 2.32. The Morgan fingerprint density at radius 2 is 1.79 bits per heavy atom. The second-order valence-corrected chi connectivity index (χ2v) is 7.70. The Hall–Kier alpha value is -2.82. The molecule has 0 unspecified atom stereocenters. The van der Waals surface area contributed by atoms with Crippen LogP contribution in [0.1, 0.15) is 5.56 Å². The maximum absolute atomic E-state index is 12.9. The van der Waals surface area contributed by atoms with Crippen molar-refractivity contribution in [3.05, 3.63) is 94.9 Å². The second-order valence-electron chi connectivity index (χ2n) is 6.26. The number of hydrogen-bond donors (Lipinski definition) is 0. The first-order valence-electron chi connectivity index (χ1n) is 8.80. The molecule has 0 radical (unpaired) electrons. The van der Waals surface area contributed by atoms with E-state index in [1.54, 1.807) is 11.0 Å². The van der Waals surface area contributed by atoms with Crippen molar-refractivity contribution < 1.29 is 4.79 Å². The van der Waals surface area contributed by atoms with Crippen LogP contribution in [0, 0.1) is 0 Å². The number of fused-ring (bicyclic) bond motifs is 1. The van der Waals surface area contributed by atoms with Gasteiger partial charge in [0.25, 0.3) is 5.91 Å². The van der Waals surface area contributed by atoms with Crippen molar-refractivity contribution in [1.29, 1.82) is 0 Å². The van der Waals surface area contributed by atoms with Gasteiger partial charge in [0.2, 0.25) is 0 Å². The number of thioether (sulfide) groups is 1. The molecule has 0 bridgehead atoms. The van der Waals surface area contributed by atoms with Crippen LogP contribution in [-0.4, -0.2) is 22.5 Å². The first-order valence-corrected chi connectivity index (χ1v) is 9.99. The zero-order chi connectivity index (χ0) is 19.5. The molecule has 1 aliphatic rings. The summed E-state index contributed by atoms with van der Waals surface area (Å²) in [6.07, 6.45) is 3.58. The molecular formula is C23H17ClN2OS. The van der Waals surface area contributed by atoms with Crippen LogP contribution in [0.4, 0.5) is 5.69 Å². The van der Waals surface area contributed by atoms with Crippen LogP contribution in [-0.2, 0) is 4.79 Å². The van der Waals surface area contributed by atoms with Crippen LogP contribution < -0.4 is 0 Å². The van der Waals surface area contributed by atoms with Gasteiger partial charge in [0.05, 0.1) is 10.6 Å². The molecule has 3 aromatic carbocycles. The van der Waals surface area contributed by atoms with E-state index in [0.29, 0.717) is 21.6 Å². The molecule has 0 aliphatic carbocycles. The van der Waals surface area contributed by atoms with Gasteiger partial charge in [-0.1, -0.05) is 66.2 Å².